The van der Waals surface area contributed by atoms with E-state index in [0.717, 1.165) is 53.8 Å². The first kappa shape index (κ1) is 86.4. The molecule has 0 aromatic heterocycles. The molecule has 12 unspecified atom stereocenters. The Labute approximate surface area is 558 Å². The van der Waals surface area contributed by atoms with Crippen LogP contribution in [0.15, 0.2) is 74.4 Å². The molecule has 0 fully saturated rings. The van der Waals surface area contributed by atoms with Gasteiger partial charge >= 0.3 is 0 Å². The van der Waals surface area contributed by atoms with Crippen molar-refractivity contribution in [2.45, 2.75) is 418 Å². The summed E-state index contributed by atoms with van der Waals surface area (Å²) in [5.74, 6) is 7.19. The van der Waals surface area contributed by atoms with Gasteiger partial charge in [-0.25, -0.2) is 0 Å². The Bertz CT molecular complexity index is 1660. The Hall–Kier alpha value is -1.56. The van der Waals surface area contributed by atoms with Gasteiger partial charge < -0.3 is 0 Å². The minimum atomic E-state index is 0.228. The Balaban J connectivity index is 8.20. The van der Waals surface area contributed by atoms with E-state index in [-0.39, 0.29) is 16.2 Å². The van der Waals surface area contributed by atoms with E-state index in [4.69, 9.17) is 6.58 Å². The van der Waals surface area contributed by atoms with Gasteiger partial charge in [0.05, 0.1) is 0 Å². The van der Waals surface area contributed by atoms with Crippen molar-refractivity contribution in [1.29, 1.82) is 0 Å². The van der Waals surface area contributed by atoms with Crippen LogP contribution in [0.3, 0.4) is 0 Å². The first-order valence-corrected chi connectivity index (χ1v) is 40.3. The zero-order valence-electron chi connectivity index (χ0n) is 63.5. The highest BCUT2D eigenvalue weighted by Crippen LogP contribution is 2.67. The lowest BCUT2D eigenvalue weighted by Gasteiger charge is -2.63. The summed E-state index contributed by atoms with van der Waals surface area (Å²) in [6, 6.07) is 0. The third-order valence-electron chi connectivity index (χ3n) is 25.0. The maximum Gasteiger partial charge on any atom is -0.0207 e. The first-order chi connectivity index (χ1) is 42.6. The minimum Gasteiger partial charge on any atom is -0.103 e. The van der Waals surface area contributed by atoms with E-state index in [1.165, 1.54) is 315 Å². The van der Waals surface area contributed by atoms with Gasteiger partial charge in [-0.15, -0.1) is 32.9 Å². The van der Waals surface area contributed by atoms with Crippen LogP contribution in [0.4, 0.5) is 0 Å². The van der Waals surface area contributed by atoms with E-state index in [2.05, 4.69) is 154 Å². The predicted octanol–water partition coefficient (Wildman–Crippen LogP) is 31.5. The van der Waals surface area contributed by atoms with Crippen LogP contribution in [0.1, 0.15) is 418 Å². The molecular formula is C88H166. The molecule has 0 aromatic rings. The van der Waals surface area contributed by atoms with Crippen LogP contribution in [0.25, 0.3) is 0 Å². The second-order valence-corrected chi connectivity index (χ2v) is 30.9. The second kappa shape index (κ2) is 55.9. The van der Waals surface area contributed by atoms with Crippen molar-refractivity contribution in [2.24, 2.45) is 69.5 Å². The van der Waals surface area contributed by atoms with Crippen LogP contribution < -0.4 is 0 Å². The van der Waals surface area contributed by atoms with Gasteiger partial charge in [-0.05, 0) is 198 Å². The molecule has 0 aliphatic rings. The molecule has 0 heteroatoms. The van der Waals surface area contributed by atoms with Crippen LogP contribution in [0, 0.1) is 69.5 Å². The molecule has 88 heavy (non-hydrogen) atoms. The molecule has 0 rings (SSSR count). The van der Waals surface area contributed by atoms with Crippen molar-refractivity contribution in [3.05, 3.63) is 74.4 Å². The molecular weight excluding hydrogens is 1060 g/mol. The van der Waals surface area contributed by atoms with Crippen LogP contribution in [0.5, 0.6) is 0 Å². The lowest BCUT2D eigenvalue weighted by molar-refractivity contribution is -0.134. The summed E-state index contributed by atoms with van der Waals surface area (Å²) < 4.78 is 0. The maximum atomic E-state index is 4.75. The zero-order chi connectivity index (χ0) is 65.7. The van der Waals surface area contributed by atoms with Crippen molar-refractivity contribution in [2.75, 3.05) is 0 Å². The Morgan fingerprint density at radius 3 is 1.28 bits per heavy atom. The van der Waals surface area contributed by atoms with E-state index in [9.17, 15) is 0 Å². The van der Waals surface area contributed by atoms with E-state index < -0.39 is 0 Å². The molecule has 0 spiro atoms. The molecule has 0 heterocycles. The summed E-state index contributed by atoms with van der Waals surface area (Å²) in [6.07, 6.45) is 78.5. The van der Waals surface area contributed by atoms with Gasteiger partial charge in [-0.1, -0.05) is 331 Å². The third-order valence-corrected chi connectivity index (χ3v) is 25.0. The molecule has 0 bridgehead atoms. The summed E-state index contributed by atoms with van der Waals surface area (Å²) >= 11 is 0. The largest absolute Gasteiger partial charge is 0.103 e. The molecule has 0 aliphatic carbocycles. The Morgan fingerprint density at radius 1 is 0.341 bits per heavy atom. The van der Waals surface area contributed by atoms with Gasteiger partial charge in [0, 0.05) is 0 Å². The Morgan fingerprint density at radius 2 is 0.761 bits per heavy atom. The van der Waals surface area contributed by atoms with Gasteiger partial charge in [0.2, 0.25) is 0 Å². The number of hydrogen-bond donors (Lipinski definition) is 0. The van der Waals surface area contributed by atoms with Crippen molar-refractivity contribution in [1.82, 2.24) is 0 Å². The molecule has 0 aromatic carbocycles. The standard InChI is InChI=1S/C88H166/c1-20-33-38-45-60-75(14)76(15)61-46-39-40-49-69-85(59-27-8)88(73-55-50-67-82(31-12)81(30-11)65-37-24-5,74-56-51-68-83(32-13)84(57-25-6)58-26-7)87(19,72-54-43-48-63-77(16)79(28-9)64-36-23-4)86(18,70-52-35-22-3)71-53-42-41-47-62-78(17)80(29-10)66-44-34-21-2/h20,23-25,27,75-77,79,81-85H,1,4-6,8,21-22,26,28-74H2,2-3,7,9-19H3. The number of hydrogen-bond acceptors (Lipinski definition) is 0. The summed E-state index contributed by atoms with van der Waals surface area (Å²) in [4.78, 5) is 0. The molecule has 0 aliphatic heterocycles. The molecule has 0 nitrogen and oxygen atoms in total. The fraction of sp³-hybridized carbons (Fsp3) is 0.864. The zero-order valence-corrected chi connectivity index (χ0v) is 63.5. The molecule has 0 amide bonds. The average Bonchev–Trinajstić information content (AvgIpc) is 0.951. The van der Waals surface area contributed by atoms with Crippen LogP contribution in [0.2, 0.25) is 0 Å². The van der Waals surface area contributed by atoms with Gasteiger partial charge in [0.15, 0.2) is 0 Å². The van der Waals surface area contributed by atoms with E-state index >= 15 is 0 Å². The number of rotatable bonds is 67. The summed E-state index contributed by atoms with van der Waals surface area (Å²) in [7, 11) is 0. The normalized spacial score (nSPS) is 17.5. The highest BCUT2D eigenvalue weighted by Gasteiger charge is 2.58. The fourth-order valence-corrected chi connectivity index (χ4v) is 18.3. The van der Waals surface area contributed by atoms with E-state index in [1.807, 2.05) is 0 Å². The van der Waals surface area contributed by atoms with Gasteiger partial charge in [-0.3, -0.25) is 0 Å². The SMILES string of the molecule is C=CCCCCC(C)C(C)CCCCCCC(CC=C)C(CCCCC(CC)C(CC)CCC=C)(CCCCC(CC)C(CC=C)CCC)C(C)(CCCCCC(C)C(CC)CCC=C)C(C)(CCCCC)CCCCCCC(C)=C(CC)CCCCC. The summed E-state index contributed by atoms with van der Waals surface area (Å²) in [6.45, 7) is 57.1. The van der Waals surface area contributed by atoms with Crippen LogP contribution in [-0.4, -0.2) is 0 Å². The quantitative estimate of drug-likeness (QED) is 0.0421. The van der Waals surface area contributed by atoms with Crippen LogP contribution in [-0.2, 0) is 0 Å². The van der Waals surface area contributed by atoms with Crippen molar-refractivity contribution in [3.63, 3.8) is 0 Å². The third kappa shape index (κ3) is 34.6. The van der Waals surface area contributed by atoms with Gasteiger partial charge in [-0.2, -0.15) is 0 Å². The van der Waals surface area contributed by atoms with Crippen molar-refractivity contribution in [3.8, 4) is 0 Å². The highest BCUT2D eigenvalue weighted by atomic mass is 14.6. The van der Waals surface area contributed by atoms with Crippen molar-refractivity contribution >= 4 is 0 Å². The second-order valence-electron chi connectivity index (χ2n) is 30.9. The first-order valence-electron chi connectivity index (χ1n) is 40.3. The smallest absolute Gasteiger partial charge is 0.0207 e. The lowest BCUT2D eigenvalue weighted by atomic mass is 9.42. The molecule has 0 saturated carbocycles. The summed E-state index contributed by atoms with van der Waals surface area (Å²) in [5.41, 5.74) is 4.26. The molecule has 518 valence electrons. The maximum absolute atomic E-state index is 4.75. The molecule has 0 N–H and O–H groups in total. The highest BCUT2D eigenvalue weighted by molar-refractivity contribution is 5.12. The topological polar surface area (TPSA) is 0 Å². The monoisotopic (exact) mass is 1220 g/mol. The van der Waals surface area contributed by atoms with Gasteiger partial charge in [0.25, 0.3) is 0 Å². The van der Waals surface area contributed by atoms with Crippen molar-refractivity contribution < 1.29 is 0 Å². The average molecular weight is 1220 g/mol. The molecule has 0 radical (unpaired) electrons. The summed E-state index contributed by atoms with van der Waals surface area (Å²) in [5, 5.41) is 0. The predicted molar refractivity (Wildman–Crippen MR) is 407 cm³/mol. The van der Waals surface area contributed by atoms with Gasteiger partial charge in [0.1, 0.15) is 0 Å². The lowest BCUT2D eigenvalue weighted by Crippen LogP contribution is -2.54. The fourth-order valence-electron chi connectivity index (χ4n) is 18.3. The van der Waals surface area contributed by atoms with E-state index in [1.54, 1.807) is 11.1 Å². The van der Waals surface area contributed by atoms with E-state index in [0.29, 0.717) is 5.92 Å². The molecule has 0 saturated heterocycles. The number of unbranched alkanes of at least 4 members (excludes halogenated alkanes) is 16. The molecule has 12 atom stereocenters. The number of allylic oxidation sites excluding steroid dienone is 7. The minimum absolute atomic E-state index is 0.228. The van der Waals surface area contributed by atoms with Crippen LogP contribution >= 0.6 is 0 Å². The Kier molecular flexibility index (Phi) is 54.9.